The van der Waals surface area contributed by atoms with E-state index >= 15 is 0 Å². The lowest BCUT2D eigenvalue weighted by Gasteiger charge is -2.10. The molecule has 0 radical (unpaired) electrons. The van der Waals surface area contributed by atoms with Crippen molar-refractivity contribution >= 4 is 11.0 Å². The van der Waals surface area contributed by atoms with E-state index in [9.17, 15) is 13.2 Å². The Balaban J connectivity index is 2.17. The predicted molar refractivity (Wildman–Crippen MR) is 74.9 cm³/mol. The van der Waals surface area contributed by atoms with Crippen LogP contribution in [0.4, 0.5) is 13.2 Å². The van der Waals surface area contributed by atoms with Gasteiger partial charge in [-0.1, -0.05) is 30.3 Å². The van der Waals surface area contributed by atoms with Crippen LogP contribution in [-0.4, -0.2) is 13.5 Å². The van der Waals surface area contributed by atoms with Gasteiger partial charge in [0.15, 0.2) is 11.3 Å². The highest BCUT2D eigenvalue weighted by molar-refractivity contribution is 5.92. The van der Waals surface area contributed by atoms with Gasteiger partial charge < -0.3 is 13.9 Å². The molecule has 0 bridgehead atoms. The third-order valence-corrected chi connectivity index (χ3v) is 3.11. The summed E-state index contributed by atoms with van der Waals surface area (Å²) >= 11 is 0. The molecule has 114 valence electrons. The Labute approximate surface area is 123 Å². The summed E-state index contributed by atoms with van der Waals surface area (Å²) in [7, 11) is 1.42. The van der Waals surface area contributed by atoms with Gasteiger partial charge in [-0.3, -0.25) is 0 Å². The van der Waals surface area contributed by atoms with Gasteiger partial charge in [-0.05, 0) is 18.2 Å². The molecule has 0 aliphatic rings. The van der Waals surface area contributed by atoms with Gasteiger partial charge in [0.25, 0.3) is 0 Å². The number of furan rings is 1. The maximum absolute atomic E-state index is 12.5. The Kier molecular flexibility index (Phi) is 3.44. The van der Waals surface area contributed by atoms with Crippen LogP contribution in [0.1, 0.15) is 0 Å². The van der Waals surface area contributed by atoms with E-state index in [1.165, 1.54) is 25.3 Å². The molecule has 3 rings (SSSR count). The zero-order valence-corrected chi connectivity index (χ0v) is 11.5. The molecule has 0 saturated carbocycles. The minimum Gasteiger partial charge on any atom is -0.493 e. The number of alkyl halides is 3. The molecule has 0 atom stereocenters. The molecule has 1 heterocycles. The SMILES string of the molecule is COc1ccc(OC(F)(F)F)c2cc(-c3ccccc3)oc12. The van der Waals surface area contributed by atoms with Gasteiger partial charge in [0.2, 0.25) is 0 Å². The van der Waals surface area contributed by atoms with Crippen molar-refractivity contribution in [3.05, 3.63) is 48.5 Å². The first-order chi connectivity index (χ1) is 10.5. The molecule has 0 aliphatic heterocycles. The molecule has 0 unspecified atom stereocenters. The number of ether oxygens (including phenoxy) is 2. The quantitative estimate of drug-likeness (QED) is 0.682. The second kappa shape index (κ2) is 5.29. The predicted octanol–water partition coefficient (Wildman–Crippen LogP) is 5.01. The molecule has 3 aromatic rings. The van der Waals surface area contributed by atoms with E-state index in [2.05, 4.69) is 4.74 Å². The van der Waals surface area contributed by atoms with E-state index in [0.717, 1.165) is 5.56 Å². The van der Waals surface area contributed by atoms with Gasteiger partial charge in [-0.25, -0.2) is 0 Å². The van der Waals surface area contributed by atoms with E-state index < -0.39 is 6.36 Å². The van der Waals surface area contributed by atoms with Crippen molar-refractivity contribution in [3.8, 4) is 22.8 Å². The molecule has 0 fully saturated rings. The smallest absolute Gasteiger partial charge is 0.493 e. The number of fused-ring (bicyclic) bond motifs is 1. The summed E-state index contributed by atoms with van der Waals surface area (Å²) in [5.74, 6) is 0.452. The van der Waals surface area contributed by atoms with Crippen LogP contribution in [0, 0.1) is 0 Å². The third kappa shape index (κ3) is 2.72. The van der Waals surface area contributed by atoms with E-state index in [0.29, 0.717) is 11.5 Å². The van der Waals surface area contributed by atoms with Crippen LogP contribution in [0.15, 0.2) is 52.9 Å². The van der Waals surface area contributed by atoms with Gasteiger partial charge in [0, 0.05) is 5.56 Å². The lowest BCUT2D eigenvalue weighted by Crippen LogP contribution is -2.17. The monoisotopic (exact) mass is 308 g/mol. The van der Waals surface area contributed by atoms with E-state index in [-0.39, 0.29) is 16.7 Å². The van der Waals surface area contributed by atoms with Crippen LogP contribution in [0.5, 0.6) is 11.5 Å². The number of methoxy groups -OCH3 is 1. The van der Waals surface area contributed by atoms with Crippen molar-refractivity contribution in [2.45, 2.75) is 6.36 Å². The van der Waals surface area contributed by atoms with Crippen molar-refractivity contribution in [3.63, 3.8) is 0 Å². The van der Waals surface area contributed by atoms with Crippen LogP contribution in [0.2, 0.25) is 0 Å². The zero-order chi connectivity index (χ0) is 15.7. The normalized spacial score (nSPS) is 11.6. The Morgan fingerprint density at radius 1 is 0.955 bits per heavy atom. The fourth-order valence-corrected chi connectivity index (χ4v) is 2.19. The van der Waals surface area contributed by atoms with Crippen LogP contribution in [0.3, 0.4) is 0 Å². The molecule has 0 saturated heterocycles. The number of halogens is 3. The molecule has 0 N–H and O–H groups in total. The number of benzene rings is 2. The average Bonchev–Trinajstić information content (AvgIpc) is 2.93. The van der Waals surface area contributed by atoms with Gasteiger partial charge in [-0.2, -0.15) is 0 Å². The summed E-state index contributed by atoms with van der Waals surface area (Å²) in [5.41, 5.74) is 0.960. The van der Waals surface area contributed by atoms with Crippen molar-refractivity contribution in [2.75, 3.05) is 7.11 Å². The summed E-state index contributed by atoms with van der Waals surface area (Å²) in [6.07, 6.45) is -4.77. The number of rotatable bonds is 3. The Hall–Kier alpha value is -2.63. The maximum atomic E-state index is 12.5. The van der Waals surface area contributed by atoms with Crippen molar-refractivity contribution in [1.29, 1.82) is 0 Å². The van der Waals surface area contributed by atoms with Gasteiger partial charge in [-0.15, -0.1) is 13.2 Å². The molecule has 3 nitrogen and oxygen atoms in total. The first kappa shape index (κ1) is 14.3. The highest BCUT2D eigenvalue weighted by Gasteiger charge is 2.32. The second-order valence-corrected chi connectivity index (χ2v) is 4.53. The molecule has 1 aromatic heterocycles. The number of hydrogen-bond donors (Lipinski definition) is 0. The standard InChI is InChI=1S/C16H11F3O3/c1-20-13-8-7-12(22-16(17,18)19)11-9-14(21-15(11)13)10-5-3-2-4-6-10/h2-9H,1H3. The van der Waals surface area contributed by atoms with Gasteiger partial charge >= 0.3 is 6.36 Å². The minimum atomic E-state index is -4.77. The zero-order valence-electron chi connectivity index (χ0n) is 11.5. The summed E-state index contributed by atoms with van der Waals surface area (Å²) in [5, 5.41) is 0.204. The fraction of sp³-hybridized carbons (Fsp3) is 0.125. The molecule has 2 aromatic carbocycles. The van der Waals surface area contributed by atoms with Crippen LogP contribution < -0.4 is 9.47 Å². The molecular formula is C16H11F3O3. The first-order valence-corrected chi connectivity index (χ1v) is 6.39. The van der Waals surface area contributed by atoms with Crippen LogP contribution >= 0.6 is 0 Å². The third-order valence-electron chi connectivity index (χ3n) is 3.11. The average molecular weight is 308 g/mol. The summed E-state index contributed by atoms with van der Waals surface area (Å²) in [4.78, 5) is 0. The van der Waals surface area contributed by atoms with Crippen molar-refractivity contribution in [1.82, 2.24) is 0 Å². The molecule has 6 heteroatoms. The second-order valence-electron chi connectivity index (χ2n) is 4.53. The van der Waals surface area contributed by atoms with Crippen LogP contribution in [0.25, 0.3) is 22.3 Å². The summed E-state index contributed by atoms with van der Waals surface area (Å²) in [6, 6.07) is 13.2. The van der Waals surface area contributed by atoms with Crippen molar-refractivity contribution < 1.29 is 27.1 Å². The molecular weight excluding hydrogens is 297 g/mol. The topological polar surface area (TPSA) is 31.6 Å². The Morgan fingerprint density at radius 2 is 1.64 bits per heavy atom. The highest BCUT2D eigenvalue weighted by Crippen LogP contribution is 2.40. The summed E-state index contributed by atoms with van der Waals surface area (Å²) < 4.78 is 52.3. The molecule has 0 aliphatic carbocycles. The van der Waals surface area contributed by atoms with Crippen molar-refractivity contribution in [2.24, 2.45) is 0 Å². The van der Waals surface area contributed by atoms with E-state index in [1.807, 2.05) is 18.2 Å². The first-order valence-electron chi connectivity index (χ1n) is 6.39. The molecule has 0 amide bonds. The Bertz CT molecular complexity index is 791. The minimum absolute atomic E-state index is 0.204. The fourth-order valence-electron chi connectivity index (χ4n) is 2.19. The molecule has 22 heavy (non-hydrogen) atoms. The highest BCUT2D eigenvalue weighted by atomic mass is 19.4. The van der Waals surface area contributed by atoms with Gasteiger partial charge in [0.1, 0.15) is 11.5 Å². The maximum Gasteiger partial charge on any atom is 0.573 e. The van der Waals surface area contributed by atoms with Crippen LogP contribution in [-0.2, 0) is 0 Å². The van der Waals surface area contributed by atoms with E-state index in [1.54, 1.807) is 12.1 Å². The lowest BCUT2D eigenvalue weighted by molar-refractivity contribution is -0.274. The van der Waals surface area contributed by atoms with E-state index in [4.69, 9.17) is 9.15 Å². The lowest BCUT2D eigenvalue weighted by atomic mass is 10.1. The largest absolute Gasteiger partial charge is 0.573 e. The molecule has 0 spiro atoms. The number of hydrogen-bond acceptors (Lipinski definition) is 3. The van der Waals surface area contributed by atoms with Gasteiger partial charge in [0.05, 0.1) is 12.5 Å². The Morgan fingerprint density at radius 3 is 2.27 bits per heavy atom. The summed E-state index contributed by atoms with van der Waals surface area (Å²) in [6.45, 7) is 0.